The first-order valence-electron chi connectivity index (χ1n) is 7.22. The maximum Gasteiger partial charge on any atom is 0.306 e. The molecule has 2 atom stereocenters. The molecule has 6 heteroatoms. The SMILES string of the molecule is COc1cc(C)c(C(=O)N[C@@H]2CC[C@H](C(=O)O)C2)cc1OC. The van der Waals surface area contributed by atoms with Gasteiger partial charge in [0.15, 0.2) is 11.5 Å². The molecule has 2 N–H and O–H groups in total. The average Bonchev–Trinajstić information content (AvgIpc) is 2.95. The lowest BCUT2D eigenvalue weighted by Gasteiger charge is -2.16. The van der Waals surface area contributed by atoms with Gasteiger partial charge in [0.05, 0.1) is 20.1 Å². The van der Waals surface area contributed by atoms with Crippen LogP contribution in [0.25, 0.3) is 0 Å². The fourth-order valence-electron chi connectivity index (χ4n) is 2.83. The van der Waals surface area contributed by atoms with Crippen LogP contribution in [-0.2, 0) is 4.79 Å². The van der Waals surface area contributed by atoms with Gasteiger partial charge in [0.1, 0.15) is 0 Å². The van der Waals surface area contributed by atoms with Crippen molar-refractivity contribution in [1.82, 2.24) is 5.32 Å². The summed E-state index contributed by atoms with van der Waals surface area (Å²) in [5, 5.41) is 11.9. The zero-order valence-corrected chi connectivity index (χ0v) is 13.0. The molecule has 1 saturated carbocycles. The summed E-state index contributed by atoms with van der Waals surface area (Å²) in [6.07, 6.45) is 1.77. The van der Waals surface area contributed by atoms with Crippen LogP contribution in [0.5, 0.6) is 11.5 Å². The fourth-order valence-corrected chi connectivity index (χ4v) is 2.83. The van der Waals surface area contributed by atoms with Crippen LogP contribution in [0.2, 0.25) is 0 Å². The number of amides is 1. The number of hydrogen-bond acceptors (Lipinski definition) is 4. The Morgan fingerprint density at radius 3 is 2.36 bits per heavy atom. The molecular weight excluding hydrogens is 286 g/mol. The summed E-state index contributed by atoms with van der Waals surface area (Å²) in [6, 6.07) is 3.30. The molecule has 0 bridgehead atoms. The van der Waals surface area contributed by atoms with Gasteiger partial charge < -0.3 is 19.9 Å². The van der Waals surface area contributed by atoms with Crippen LogP contribution in [0.15, 0.2) is 12.1 Å². The molecule has 2 rings (SSSR count). The van der Waals surface area contributed by atoms with Gasteiger partial charge in [-0.2, -0.15) is 0 Å². The van der Waals surface area contributed by atoms with Crippen LogP contribution >= 0.6 is 0 Å². The van der Waals surface area contributed by atoms with Gasteiger partial charge >= 0.3 is 5.97 Å². The molecule has 1 fully saturated rings. The highest BCUT2D eigenvalue weighted by atomic mass is 16.5. The molecule has 1 aromatic carbocycles. The van der Waals surface area contributed by atoms with Gasteiger partial charge in [0, 0.05) is 11.6 Å². The van der Waals surface area contributed by atoms with E-state index < -0.39 is 5.97 Å². The van der Waals surface area contributed by atoms with Crippen LogP contribution in [0.1, 0.15) is 35.2 Å². The second-order valence-electron chi connectivity index (χ2n) is 5.54. The standard InChI is InChI=1S/C16H21NO5/c1-9-6-13(21-2)14(22-3)8-12(9)15(18)17-11-5-4-10(7-11)16(19)20/h6,8,10-11H,4-5,7H2,1-3H3,(H,17,18)(H,19,20)/t10-,11+/m0/s1. The van der Waals surface area contributed by atoms with E-state index in [9.17, 15) is 9.59 Å². The lowest BCUT2D eigenvalue weighted by atomic mass is 10.1. The van der Waals surface area contributed by atoms with Gasteiger partial charge in [0.2, 0.25) is 0 Å². The van der Waals surface area contributed by atoms with E-state index in [1.807, 2.05) is 6.92 Å². The number of nitrogens with one attached hydrogen (secondary N) is 1. The Morgan fingerprint density at radius 2 is 1.82 bits per heavy atom. The number of carbonyl (C=O) groups is 2. The van der Waals surface area contributed by atoms with Crippen molar-refractivity contribution < 1.29 is 24.2 Å². The average molecular weight is 307 g/mol. The Balaban J connectivity index is 2.11. The molecule has 0 unspecified atom stereocenters. The van der Waals surface area contributed by atoms with Crippen LogP contribution in [0.3, 0.4) is 0 Å². The molecule has 0 saturated heterocycles. The summed E-state index contributed by atoms with van der Waals surface area (Å²) < 4.78 is 10.4. The van der Waals surface area contributed by atoms with Gasteiger partial charge in [-0.1, -0.05) is 0 Å². The van der Waals surface area contributed by atoms with Crippen molar-refractivity contribution in [1.29, 1.82) is 0 Å². The minimum Gasteiger partial charge on any atom is -0.493 e. The summed E-state index contributed by atoms with van der Waals surface area (Å²) >= 11 is 0. The Labute approximate surface area is 129 Å². The van der Waals surface area contributed by atoms with E-state index in [1.54, 1.807) is 19.2 Å². The third kappa shape index (κ3) is 3.32. The highest BCUT2D eigenvalue weighted by molar-refractivity contribution is 5.96. The summed E-state index contributed by atoms with van der Waals surface area (Å²) in [4.78, 5) is 23.4. The lowest BCUT2D eigenvalue weighted by Crippen LogP contribution is -2.33. The lowest BCUT2D eigenvalue weighted by molar-refractivity contribution is -0.141. The van der Waals surface area contributed by atoms with Crippen molar-refractivity contribution in [2.75, 3.05) is 14.2 Å². The van der Waals surface area contributed by atoms with Crippen molar-refractivity contribution >= 4 is 11.9 Å². The predicted molar refractivity (Wildman–Crippen MR) is 80.5 cm³/mol. The molecule has 6 nitrogen and oxygen atoms in total. The third-order valence-electron chi connectivity index (χ3n) is 4.09. The number of carboxylic acid groups (broad SMARTS) is 1. The summed E-state index contributed by atoms with van der Waals surface area (Å²) in [7, 11) is 3.06. The number of aryl methyl sites for hydroxylation is 1. The molecule has 0 radical (unpaired) electrons. The van der Waals surface area contributed by atoms with Crippen molar-refractivity contribution in [3.63, 3.8) is 0 Å². The third-order valence-corrected chi connectivity index (χ3v) is 4.09. The second-order valence-corrected chi connectivity index (χ2v) is 5.54. The molecule has 1 aromatic rings. The van der Waals surface area contributed by atoms with Crippen molar-refractivity contribution in [2.45, 2.75) is 32.2 Å². The maximum absolute atomic E-state index is 12.4. The van der Waals surface area contributed by atoms with Crippen LogP contribution in [0.4, 0.5) is 0 Å². The molecule has 120 valence electrons. The molecule has 1 amide bonds. The number of aliphatic carboxylic acids is 1. The molecule has 0 aromatic heterocycles. The van der Waals surface area contributed by atoms with Gasteiger partial charge in [-0.25, -0.2) is 0 Å². The Hall–Kier alpha value is -2.24. The van der Waals surface area contributed by atoms with Gasteiger partial charge in [-0.15, -0.1) is 0 Å². The minimum atomic E-state index is -0.793. The normalized spacial score (nSPS) is 20.5. The summed E-state index contributed by atoms with van der Waals surface area (Å²) in [5.74, 6) is -0.304. The first kappa shape index (κ1) is 16.1. The largest absolute Gasteiger partial charge is 0.493 e. The number of ether oxygens (including phenoxy) is 2. The monoisotopic (exact) mass is 307 g/mol. The van der Waals surface area contributed by atoms with Crippen LogP contribution in [-0.4, -0.2) is 37.2 Å². The van der Waals surface area contributed by atoms with Gasteiger partial charge in [-0.3, -0.25) is 9.59 Å². The van der Waals surface area contributed by atoms with Crippen molar-refractivity contribution in [2.24, 2.45) is 5.92 Å². The molecule has 0 heterocycles. The van der Waals surface area contributed by atoms with E-state index in [-0.39, 0.29) is 17.9 Å². The van der Waals surface area contributed by atoms with Crippen LogP contribution in [0, 0.1) is 12.8 Å². The molecule has 0 spiro atoms. The van der Waals surface area contributed by atoms with Crippen molar-refractivity contribution in [3.8, 4) is 11.5 Å². The maximum atomic E-state index is 12.4. The minimum absolute atomic E-state index is 0.0962. The number of carboxylic acids is 1. The summed E-state index contributed by atoms with van der Waals surface area (Å²) in [6.45, 7) is 1.82. The van der Waals surface area contributed by atoms with E-state index in [0.717, 1.165) is 5.56 Å². The Bertz CT molecular complexity index is 584. The molecule has 22 heavy (non-hydrogen) atoms. The zero-order valence-electron chi connectivity index (χ0n) is 13.0. The van der Waals surface area contributed by atoms with E-state index in [2.05, 4.69) is 5.32 Å². The van der Waals surface area contributed by atoms with Gasteiger partial charge in [0.25, 0.3) is 5.91 Å². The quantitative estimate of drug-likeness (QED) is 0.869. The fraction of sp³-hybridized carbons (Fsp3) is 0.500. The van der Waals surface area contributed by atoms with E-state index in [4.69, 9.17) is 14.6 Å². The highest BCUT2D eigenvalue weighted by Gasteiger charge is 2.31. The van der Waals surface area contributed by atoms with E-state index in [0.29, 0.717) is 36.3 Å². The predicted octanol–water partition coefficient (Wildman–Crippen LogP) is 2.00. The van der Waals surface area contributed by atoms with E-state index >= 15 is 0 Å². The van der Waals surface area contributed by atoms with Crippen molar-refractivity contribution in [3.05, 3.63) is 23.3 Å². The van der Waals surface area contributed by atoms with E-state index in [1.165, 1.54) is 7.11 Å². The first-order chi connectivity index (χ1) is 10.5. The second kappa shape index (κ2) is 6.68. The smallest absolute Gasteiger partial charge is 0.306 e. The molecule has 1 aliphatic rings. The molecule has 0 aliphatic heterocycles. The number of rotatable bonds is 5. The first-order valence-corrected chi connectivity index (χ1v) is 7.22. The zero-order chi connectivity index (χ0) is 16.3. The number of benzene rings is 1. The van der Waals surface area contributed by atoms with Crippen LogP contribution < -0.4 is 14.8 Å². The number of carbonyl (C=O) groups excluding carboxylic acids is 1. The molecule has 1 aliphatic carbocycles. The van der Waals surface area contributed by atoms with Gasteiger partial charge in [-0.05, 0) is 43.9 Å². The summed E-state index contributed by atoms with van der Waals surface area (Å²) in [5.41, 5.74) is 1.29. The number of hydrogen-bond donors (Lipinski definition) is 2. The Morgan fingerprint density at radius 1 is 1.18 bits per heavy atom. The topological polar surface area (TPSA) is 84.9 Å². The highest BCUT2D eigenvalue weighted by Crippen LogP contribution is 2.31. The molecular formula is C16H21NO5. The Kier molecular flexibility index (Phi) is 4.90. The number of methoxy groups -OCH3 is 2.